The number of nitrogens with one attached hydrogen (secondary N) is 2. The van der Waals surface area contributed by atoms with Gasteiger partial charge in [0.2, 0.25) is 5.91 Å². The van der Waals surface area contributed by atoms with Crippen LogP contribution in [0.1, 0.15) is 46.5 Å². The van der Waals surface area contributed by atoms with Crippen LogP contribution in [0, 0.1) is 0 Å². The van der Waals surface area contributed by atoms with E-state index in [4.69, 9.17) is 4.74 Å². The average molecular weight is 408 g/mol. The van der Waals surface area contributed by atoms with Crippen molar-refractivity contribution in [2.75, 3.05) is 25.2 Å². The van der Waals surface area contributed by atoms with Gasteiger partial charge in [0.15, 0.2) is 0 Å². The van der Waals surface area contributed by atoms with Crippen LogP contribution in [0.3, 0.4) is 0 Å². The van der Waals surface area contributed by atoms with Gasteiger partial charge in [0.05, 0.1) is 12.2 Å². The Morgan fingerprint density at radius 2 is 1.82 bits per heavy atom. The highest BCUT2D eigenvalue weighted by atomic mass is 32.2. The predicted molar refractivity (Wildman–Crippen MR) is 115 cm³/mol. The van der Waals surface area contributed by atoms with Crippen LogP contribution in [0.2, 0.25) is 0 Å². The third-order valence-electron chi connectivity index (χ3n) is 4.81. The van der Waals surface area contributed by atoms with E-state index >= 15 is 0 Å². The second-order valence-corrected chi connectivity index (χ2v) is 9.16. The maximum atomic E-state index is 12.4. The van der Waals surface area contributed by atoms with Gasteiger partial charge in [-0.1, -0.05) is 12.1 Å². The predicted octanol–water partition coefficient (Wildman–Crippen LogP) is 4.11. The summed E-state index contributed by atoms with van der Waals surface area (Å²) in [6, 6.07) is 8.32. The fraction of sp³-hybridized carbons (Fsp3) is 0.619. The molecular formula is C21H33N3O3S. The molecule has 0 aliphatic heterocycles. The number of rotatable bonds is 6. The minimum atomic E-state index is -0.482. The molecule has 28 heavy (non-hydrogen) atoms. The SMILES string of the molecule is CSc1ccccc1NC(=O)CN(C)C1CCC(NC(=O)OC(C)(C)C)CC1. The van der Waals surface area contributed by atoms with Gasteiger partial charge in [-0.05, 0) is 71.9 Å². The first-order chi connectivity index (χ1) is 13.2. The largest absolute Gasteiger partial charge is 0.444 e. The summed E-state index contributed by atoms with van der Waals surface area (Å²) in [6.07, 6.45) is 5.34. The molecule has 0 saturated heterocycles. The zero-order valence-electron chi connectivity index (χ0n) is 17.6. The molecule has 1 aliphatic carbocycles. The number of likely N-dealkylation sites (N-methyl/N-ethyl adjacent to an activating group) is 1. The fourth-order valence-electron chi connectivity index (χ4n) is 3.43. The van der Waals surface area contributed by atoms with Crippen molar-refractivity contribution in [3.63, 3.8) is 0 Å². The molecule has 0 unspecified atom stereocenters. The molecule has 2 amide bonds. The van der Waals surface area contributed by atoms with E-state index in [2.05, 4.69) is 15.5 Å². The molecule has 2 N–H and O–H groups in total. The zero-order valence-corrected chi connectivity index (χ0v) is 18.4. The summed E-state index contributed by atoms with van der Waals surface area (Å²) in [5.74, 6) is -0.00185. The minimum absolute atomic E-state index is 0.00185. The second kappa shape index (κ2) is 10.2. The number of benzene rings is 1. The molecule has 0 spiro atoms. The number of thioether (sulfide) groups is 1. The summed E-state index contributed by atoms with van der Waals surface area (Å²) in [5, 5.41) is 5.97. The van der Waals surface area contributed by atoms with Gasteiger partial charge in [0, 0.05) is 17.0 Å². The van der Waals surface area contributed by atoms with Crippen LogP contribution in [0.4, 0.5) is 10.5 Å². The van der Waals surface area contributed by atoms with Crippen LogP contribution >= 0.6 is 11.8 Å². The highest BCUT2D eigenvalue weighted by Crippen LogP contribution is 2.25. The fourth-order valence-corrected chi connectivity index (χ4v) is 3.98. The summed E-state index contributed by atoms with van der Waals surface area (Å²) >= 11 is 1.62. The Hall–Kier alpha value is -1.73. The second-order valence-electron chi connectivity index (χ2n) is 8.32. The van der Waals surface area contributed by atoms with E-state index in [1.807, 2.05) is 58.3 Å². The molecule has 2 rings (SSSR count). The lowest BCUT2D eigenvalue weighted by molar-refractivity contribution is -0.117. The molecule has 0 atom stereocenters. The van der Waals surface area contributed by atoms with Crippen molar-refractivity contribution in [2.24, 2.45) is 0 Å². The lowest BCUT2D eigenvalue weighted by Crippen LogP contribution is -2.45. The number of ether oxygens (including phenoxy) is 1. The van der Waals surface area contributed by atoms with Gasteiger partial charge < -0.3 is 15.4 Å². The summed E-state index contributed by atoms with van der Waals surface area (Å²) in [4.78, 5) is 27.5. The summed E-state index contributed by atoms with van der Waals surface area (Å²) in [5.41, 5.74) is 0.378. The molecule has 1 fully saturated rings. The molecule has 1 saturated carbocycles. The normalized spacial score (nSPS) is 19.9. The van der Waals surface area contributed by atoms with E-state index in [0.717, 1.165) is 36.3 Å². The molecule has 6 nitrogen and oxygen atoms in total. The van der Waals surface area contributed by atoms with E-state index < -0.39 is 5.60 Å². The van der Waals surface area contributed by atoms with Crippen molar-refractivity contribution in [3.8, 4) is 0 Å². The Labute approximate surface area is 172 Å². The molecule has 1 aliphatic rings. The topological polar surface area (TPSA) is 70.7 Å². The Kier molecular flexibility index (Phi) is 8.19. The Morgan fingerprint density at radius 1 is 1.18 bits per heavy atom. The molecule has 0 heterocycles. The van der Waals surface area contributed by atoms with Crippen molar-refractivity contribution in [1.82, 2.24) is 10.2 Å². The van der Waals surface area contributed by atoms with Gasteiger partial charge in [-0.15, -0.1) is 11.8 Å². The standard InChI is InChI=1S/C21H33N3O3S/c1-21(2,3)27-20(26)22-15-10-12-16(13-11-15)24(4)14-19(25)23-17-8-6-7-9-18(17)28-5/h6-9,15-16H,10-14H2,1-5H3,(H,22,26)(H,23,25). The minimum Gasteiger partial charge on any atom is -0.444 e. The van der Waals surface area contributed by atoms with E-state index in [-0.39, 0.29) is 18.0 Å². The number of anilines is 1. The van der Waals surface area contributed by atoms with Crippen LogP contribution in [0.5, 0.6) is 0 Å². The van der Waals surface area contributed by atoms with Gasteiger partial charge in [0.25, 0.3) is 0 Å². The Balaban J connectivity index is 1.76. The molecule has 0 radical (unpaired) electrons. The number of para-hydroxylation sites is 1. The maximum absolute atomic E-state index is 12.4. The van der Waals surface area contributed by atoms with Crippen LogP contribution in [-0.2, 0) is 9.53 Å². The maximum Gasteiger partial charge on any atom is 0.407 e. The first kappa shape index (κ1) is 22.6. The molecule has 0 aromatic heterocycles. The smallest absolute Gasteiger partial charge is 0.407 e. The lowest BCUT2D eigenvalue weighted by atomic mass is 9.90. The van der Waals surface area contributed by atoms with Crippen molar-refractivity contribution >= 4 is 29.4 Å². The first-order valence-corrected chi connectivity index (χ1v) is 11.0. The van der Waals surface area contributed by atoms with Crippen molar-refractivity contribution in [1.29, 1.82) is 0 Å². The van der Waals surface area contributed by atoms with Crippen LogP contribution in [-0.4, -0.2) is 54.4 Å². The third kappa shape index (κ3) is 7.36. The Morgan fingerprint density at radius 3 is 2.43 bits per heavy atom. The zero-order chi connectivity index (χ0) is 20.7. The number of hydrogen-bond acceptors (Lipinski definition) is 5. The summed E-state index contributed by atoms with van der Waals surface area (Å²) in [7, 11) is 1.99. The van der Waals surface area contributed by atoms with Crippen molar-refractivity contribution in [2.45, 2.75) is 69.0 Å². The number of hydrogen-bond donors (Lipinski definition) is 2. The average Bonchev–Trinajstić information content (AvgIpc) is 2.61. The number of alkyl carbamates (subject to hydrolysis) is 1. The van der Waals surface area contributed by atoms with Gasteiger partial charge in [-0.3, -0.25) is 9.69 Å². The highest BCUT2D eigenvalue weighted by Gasteiger charge is 2.27. The van der Waals surface area contributed by atoms with Gasteiger partial charge in [-0.2, -0.15) is 0 Å². The molecule has 0 bridgehead atoms. The van der Waals surface area contributed by atoms with E-state index in [1.54, 1.807) is 11.8 Å². The van der Waals surface area contributed by atoms with Crippen LogP contribution < -0.4 is 10.6 Å². The van der Waals surface area contributed by atoms with E-state index in [9.17, 15) is 9.59 Å². The lowest BCUT2D eigenvalue weighted by Gasteiger charge is -2.34. The Bertz CT molecular complexity index is 667. The van der Waals surface area contributed by atoms with E-state index in [1.165, 1.54) is 0 Å². The number of carbonyl (C=O) groups is 2. The molecular weight excluding hydrogens is 374 g/mol. The first-order valence-electron chi connectivity index (χ1n) is 9.80. The molecule has 156 valence electrons. The molecule has 7 heteroatoms. The number of nitrogens with zero attached hydrogens (tertiary/aromatic N) is 1. The van der Waals surface area contributed by atoms with Crippen LogP contribution in [0.25, 0.3) is 0 Å². The van der Waals surface area contributed by atoms with E-state index in [0.29, 0.717) is 12.6 Å². The highest BCUT2D eigenvalue weighted by molar-refractivity contribution is 7.98. The third-order valence-corrected chi connectivity index (χ3v) is 5.61. The summed E-state index contributed by atoms with van der Waals surface area (Å²) in [6.45, 7) is 5.95. The number of amides is 2. The molecule has 1 aromatic rings. The van der Waals surface area contributed by atoms with Crippen molar-refractivity contribution < 1.29 is 14.3 Å². The monoisotopic (exact) mass is 407 g/mol. The van der Waals surface area contributed by atoms with Crippen LogP contribution in [0.15, 0.2) is 29.2 Å². The van der Waals surface area contributed by atoms with Gasteiger partial charge >= 0.3 is 6.09 Å². The molecule has 1 aromatic carbocycles. The number of carbonyl (C=O) groups excluding carboxylic acids is 2. The summed E-state index contributed by atoms with van der Waals surface area (Å²) < 4.78 is 5.33. The van der Waals surface area contributed by atoms with Gasteiger partial charge in [0.1, 0.15) is 5.60 Å². The van der Waals surface area contributed by atoms with Crippen molar-refractivity contribution in [3.05, 3.63) is 24.3 Å². The quantitative estimate of drug-likeness (QED) is 0.694. The van der Waals surface area contributed by atoms with Gasteiger partial charge in [-0.25, -0.2) is 4.79 Å².